The molecule has 0 spiro atoms. The number of anilines is 3. The lowest BCUT2D eigenvalue weighted by molar-refractivity contribution is -0.120. The fraction of sp³-hybridized carbons (Fsp3) is 0.222. The summed E-state index contributed by atoms with van der Waals surface area (Å²) in [6.07, 6.45) is 5.78. The Morgan fingerprint density at radius 2 is 1.64 bits per heavy atom. The predicted molar refractivity (Wildman–Crippen MR) is 147 cm³/mol. The molecule has 12 heteroatoms. The third kappa shape index (κ3) is 6.29. The van der Waals surface area contributed by atoms with Gasteiger partial charge < -0.3 is 15.0 Å². The van der Waals surface area contributed by atoms with Crippen molar-refractivity contribution >= 4 is 33.4 Å². The van der Waals surface area contributed by atoms with Gasteiger partial charge in [-0.05, 0) is 67.4 Å². The number of methoxy groups -OCH3 is 1. The van der Waals surface area contributed by atoms with Crippen molar-refractivity contribution in [3.63, 3.8) is 0 Å². The van der Waals surface area contributed by atoms with Crippen LogP contribution in [0.15, 0.2) is 84.3 Å². The van der Waals surface area contributed by atoms with Crippen LogP contribution in [0.4, 0.5) is 17.5 Å². The zero-order valence-electron chi connectivity index (χ0n) is 21.2. The average molecular weight is 546 g/mol. The lowest BCUT2D eigenvalue weighted by atomic mass is 9.95. The molecule has 200 valence electrons. The molecule has 2 aromatic carbocycles. The van der Waals surface area contributed by atoms with Crippen LogP contribution in [0.2, 0.25) is 0 Å². The van der Waals surface area contributed by atoms with Crippen LogP contribution in [-0.4, -0.2) is 54.5 Å². The third-order valence-corrected chi connectivity index (χ3v) is 7.80. The highest BCUT2D eigenvalue weighted by atomic mass is 32.2. The van der Waals surface area contributed by atoms with Crippen LogP contribution < -0.4 is 19.7 Å². The van der Waals surface area contributed by atoms with Gasteiger partial charge in [0.1, 0.15) is 17.9 Å². The van der Waals surface area contributed by atoms with Crippen molar-refractivity contribution in [2.75, 3.05) is 35.1 Å². The Morgan fingerprint density at radius 1 is 0.949 bits per heavy atom. The number of carbonyl (C=O) groups is 1. The van der Waals surface area contributed by atoms with Gasteiger partial charge in [0.15, 0.2) is 0 Å². The third-order valence-electron chi connectivity index (χ3n) is 6.45. The van der Waals surface area contributed by atoms with Gasteiger partial charge in [-0.3, -0.25) is 4.79 Å². The molecule has 3 heterocycles. The number of nitrogens with one attached hydrogen (secondary N) is 2. The number of piperidine rings is 1. The molecular weight excluding hydrogens is 518 g/mol. The molecule has 1 aliphatic rings. The maximum Gasteiger partial charge on any atom is 0.264 e. The van der Waals surface area contributed by atoms with E-state index in [1.165, 1.54) is 24.5 Å². The molecule has 39 heavy (non-hydrogen) atoms. The number of ether oxygens (including phenoxy) is 1. The van der Waals surface area contributed by atoms with E-state index >= 15 is 0 Å². The molecule has 1 amide bonds. The number of carbonyl (C=O) groups excluding carboxylic acids is 1. The van der Waals surface area contributed by atoms with Crippen molar-refractivity contribution < 1.29 is 17.9 Å². The van der Waals surface area contributed by atoms with E-state index in [2.05, 4.69) is 34.9 Å². The Balaban J connectivity index is 1.16. The highest BCUT2D eigenvalue weighted by Gasteiger charge is 2.26. The number of amides is 1. The van der Waals surface area contributed by atoms with E-state index < -0.39 is 10.0 Å². The quantitative estimate of drug-likeness (QED) is 0.340. The molecule has 0 radical (unpaired) electrons. The zero-order chi connectivity index (χ0) is 27.2. The lowest BCUT2D eigenvalue weighted by Gasteiger charge is -2.32. The van der Waals surface area contributed by atoms with Gasteiger partial charge in [0.25, 0.3) is 10.0 Å². The van der Waals surface area contributed by atoms with Crippen LogP contribution >= 0.6 is 0 Å². The molecule has 5 rings (SSSR count). The normalized spacial score (nSPS) is 14.0. The van der Waals surface area contributed by atoms with Crippen molar-refractivity contribution in [3.8, 4) is 17.0 Å². The fourth-order valence-electron chi connectivity index (χ4n) is 4.30. The van der Waals surface area contributed by atoms with Crippen molar-refractivity contribution in [2.24, 2.45) is 5.92 Å². The Morgan fingerprint density at radius 3 is 2.31 bits per heavy atom. The van der Waals surface area contributed by atoms with E-state index in [0.717, 1.165) is 22.8 Å². The second kappa shape index (κ2) is 11.4. The Bertz CT molecular complexity index is 1520. The molecule has 2 N–H and O–H groups in total. The first-order valence-electron chi connectivity index (χ1n) is 12.3. The number of sulfonamides is 1. The highest BCUT2D eigenvalue weighted by molar-refractivity contribution is 7.92. The van der Waals surface area contributed by atoms with Gasteiger partial charge in [0.2, 0.25) is 11.9 Å². The van der Waals surface area contributed by atoms with Crippen LogP contribution in [0.25, 0.3) is 11.3 Å². The summed E-state index contributed by atoms with van der Waals surface area (Å²) in [6, 6.07) is 17.2. The number of hydrogen-bond acceptors (Lipinski definition) is 9. The topological polar surface area (TPSA) is 139 Å². The molecule has 0 unspecified atom stereocenters. The van der Waals surface area contributed by atoms with E-state index in [-0.39, 0.29) is 22.7 Å². The SMILES string of the molecule is COc1ccc(-c2cc(N3CCC(C(=O)Nc4ccc(S(=O)(=O)Nc5ncccn5)cc4)CC3)ncn2)cc1. The molecule has 0 saturated carbocycles. The molecule has 0 aliphatic carbocycles. The minimum Gasteiger partial charge on any atom is -0.497 e. The van der Waals surface area contributed by atoms with Gasteiger partial charge >= 0.3 is 0 Å². The van der Waals surface area contributed by atoms with Crippen LogP contribution in [0.1, 0.15) is 12.8 Å². The predicted octanol–water partition coefficient (Wildman–Crippen LogP) is 3.60. The minimum absolute atomic E-state index is 0.0138. The monoisotopic (exact) mass is 545 g/mol. The number of rotatable bonds is 8. The van der Waals surface area contributed by atoms with E-state index in [1.807, 2.05) is 30.3 Å². The maximum atomic E-state index is 12.9. The summed E-state index contributed by atoms with van der Waals surface area (Å²) in [4.78, 5) is 31.7. The first-order chi connectivity index (χ1) is 18.9. The molecule has 0 bridgehead atoms. The first kappa shape index (κ1) is 26.0. The molecular formula is C27H27N7O4S. The second-order valence-corrected chi connectivity index (χ2v) is 10.6. The molecule has 1 aliphatic heterocycles. The summed E-state index contributed by atoms with van der Waals surface area (Å²) in [6.45, 7) is 1.36. The van der Waals surface area contributed by atoms with E-state index in [0.29, 0.717) is 31.6 Å². The Hall–Kier alpha value is -4.58. The highest BCUT2D eigenvalue weighted by Crippen LogP contribution is 2.27. The molecule has 0 atom stereocenters. The Labute approximate surface area is 226 Å². The smallest absolute Gasteiger partial charge is 0.264 e. The molecule has 11 nitrogen and oxygen atoms in total. The van der Waals surface area contributed by atoms with Crippen LogP contribution in [0.5, 0.6) is 5.75 Å². The summed E-state index contributed by atoms with van der Waals surface area (Å²) >= 11 is 0. The Kier molecular flexibility index (Phi) is 7.64. The fourth-order valence-corrected chi connectivity index (χ4v) is 5.26. The average Bonchev–Trinajstić information content (AvgIpc) is 2.98. The maximum absolute atomic E-state index is 12.9. The number of hydrogen-bond donors (Lipinski definition) is 2. The van der Waals surface area contributed by atoms with Crippen LogP contribution in [0.3, 0.4) is 0 Å². The number of benzene rings is 2. The van der Waals surface area contributed by atoms with Gasteiger partial charge in [-0.1, -0.05) is 0 Å². The summed E-state index contributed by atoms with van der Waals surface area (Å²) in [5.41, 5.74) is 2.31. The summed E-state index contributed by atoms with van der Waals surface area (Å²) in [5, 5.41) is 2.90. The van der Waals surface area contributed by atoms with Gasteiger partial charge in [-0.25, -0.2) is 33.1 Å². The molecule has 1 saturated heterocycles. The molecule has 1 fully saturated rings. The zero-order valence-corrected chi connectivity index (χ0v) is 22.0. The van der Waals surface area contributed by atoms with E-state index in [1.54, 1.807) is 31.6 Å². The molecule has 2 aromatic heterocycles. The van der Waals surface area contributed by atoms with Gasteiger partial charge in [-0.2, -0.15) is 0 Å². The first-order valence-corrected chi connectivity index (χ1v) is 13.8. The lowest BCUT2D eigenvalue weighted by Crippen LogP contribution is -2.38. The standard InChI is InChI=1S/C27H27N7O4S/c1-38-22-7-3-19(4-8-22)24-17-25(31-18-30-24)34-15-11-20(12-16-34)26(35)32-21-5-9-23(10-6-21)39(36,37)33-27-28-13-2-14-29-27/h2-10,13-14,17-18,20H,11-12,15-16H2,1H3,(H,32,35)(H,28,29,33). The van der Waals surface area contributed by atoms with E-state index in [4.69, 9.17) is 4.74 Å². The van der Waals surface area contributed by atoms with Gasteiger partial charge in [0, 0.05) is 48.7 Å². The minimum atomic E-state index is -3.84. The summed E-state index contributed by atoms with van der Waals surface area (Å²) in [5.74, 6) is 1.33. The molecule has 4 aromatic rings. The summed E-state index contributed by atoms with van der Waals surface area (Å²) in [7, 11) is -2.21. The van der Waals surface area contributed by atoms with Gasteiger partial charge in [-0.15, -0.1) is 0 Å². The van der Waals surface area contributed by atoms with E-state index in [9.17, 15) is 13.2 Å². The largest absolute Gasteiger partial charge is 0.497 e. The van der Waals surface area contributed by atoms with Gasteiger partial charge in [0.05, 0.1) is 17.7 Å². The second-order valence-electron chi connectivity index (χ2n) is 8.94. The van der Waals surface area contributed by atoms with Crippen molar-refractivity contribution in [1.29, 1.82) is 0 Å². The van der Waals surface area contributed by atoms with Crippen LogP contribution in [0, 0.1) is 5.92 Å². The van der Waals surface area contributed by atoms with Crippen LogP contribution in [-0.2, 0) is 14.8 Å². The van der Waals surface area contributed by atoms with Crippen molar-refractivity contribution in [3.05, 3.63) is 79.4 Å². The number of aromatic nitrogens is 4. The number of nitrogens with zero attached hydrogens (tertiary/aromatic N) is 5. The summed E-state index contributed by atoms with van der Waals surface area (Å²) < 4.78 is 32.7. The van der Waals surface area contributed by atoms with Crippen molar-refractivity contribution in [1.82, 2.24) is 19.9 Å². The van der Waals surface area contributed by atoms with Crippen molar-refractivity contribution in [2.45, 2.75) is 17.7 Å².